The number of ether oxygens (including phenoxy) is 1. The molecule has 0 amide bonds. The number of hydrogen-bond acceptors (Lipinski definition) is 3. The van der Waals surface area contributed by atoms with E-state index in [-0.39, 0.29) is 32.4 Å². The van der Waals surface area contributed by atoms with Crippen LogP contribution in [-0.2, 0) is 27.5 Å². The molecule has 3 aromatic heterocycles. The predicted molar refractivity (Wildman–Crippen MR) is 187 cm³/mol. The van der Waals surface area contributed by atoms with Crippen LogP contribution in [0.25, 0.3) is 44.4 Å². The molecule has 0 saturated heterocycles. The van der Waals surface area contributed by atoms with Gasteiger partial charge in [-0.05, 0) is 65.1 Å². The summed E-state index contributed by atoms with van der Waals surface area (Å²) in [5.41, 5.74) is 8.71. The first-order chi connectivity index (χ1) is 22.2. The van der Waals surface area contributed by atoms with Crippen molar-refractivity contribution in [2.75, 3.05) is 0 Å². The Morgan fingerprint density at radius 1 is 0.809 bits per heavy atom. The number of nitrogens with zero attached hydrogens (tertiary/aromatic N) is 4. The van der Waals surface area contributed by atoms with E-state index in [2.05, 4.69) is 136 Å². The van der Waals surface area contributed by atoms with E-state index in [1.807, 2.05) is 30.5 Å². The summed E-state index contributed by atoms with van der Waals surface area (Å²) in [6.07, 6.45) is 2.71. The minimum atomic E-state index is 0. The first kappa shape index (κ1) is 32.5. The van der Waals surface area contributed by atoms with Crippen LogP contribution in [-0.4, -0.2) is 19.3 Å². The fourth-order valence-corrected chi connectivity index (χ4v) is 6.21. The second-order valence-electron chi connectivity index (χ2n) is 13.5. The number of pyridine rings is 1. The molecule has 0 fully saturated rings. The molecule has 0 atom stereocenters. The Kier molecular flexibility index (Phi) is 8.96. The Bertz CT molecular complexity index is 2190. The van der Waals surface area contributed by atoms with E-state index in [0.717, 1.165) is 51.0 Å². The van der Waals surface area contributed by atoms with E-state index in [1.165, 1.54) is 16.8 Å². The number of aromatic nitrogens is 4. The van der Waals surface area contributed by atoms with Gasteiger partial charge >= 0.3 is 21.1 Å². The van der Waals surface area contributed by atoms with Crippen molar-refractivity contribution < 1.29 is 25.8 Å². The molecule has 0 aliphatic carbocycles. The summed E-state index contributed by atoms with van der Waals surface area (Å²) >= 11 is 0. The van der Waals surface area contributed by atoms with Crippen LogP contribution in [0.15, 0.2) is 103 Å². The largest absolute Gasteiger partial charge is 2.00 e. The molecule has 5 nitrogen and oxygen atoms in total. The molecule has 0 aliphatic heterocycles. The number of hydrogen-bond donors (Lipinski definition) is 0. The van der Waals surface area contributed by atoms with Crippen LogP contribution in [0.4, 0.5) is 0 Å². The number of para-hydroxylation sites is 1. The molecule has 4 aromatic carbocycles. The maximum Gasteiger partial charge on any atom is 2.00 e. The van der Waals surface area contributed by atoms with Gasteiger partial charge in [-0.15, -0.1) is 35.7 Å². The summed E-state index contributed by atoms with van der Waals surface area (Å²) in [6, 6.07) is 40.3. The van der Waals surface area contributed by atoms with E-state index in [9.17, 15) is 0 Å². The maximum atomic E-state index is 6.48. The third-order valence-electron chi connectivity index (χ3n) is 8.20. The van der Waals surface area contributed by atoms with Crippen LogP contribution in [0, 0.1) is 24.5 Å². The Morgan fingerprint density at radius 2 is 1.55 bits per heavy atom. The molecule has 7 rings (SSSR count). The van der Waals surface area contributed by atoms with E-state index in [1.54, 1.807) is 0 Å². The van der Waals surface area contributed by atoms with Crippen LogP contribution < -0.4 is 4.74 Å². The molecular formula is C41H38N4OPt. The molecule has 0 spiro atoms. The smallest absolute Gasteiger partial charge is 0.509 e. The van der Waals surface area contributed by atoms with Crippen LogP contribution in [0.2, 0.25) is 0 Å². The van der Waals surface area contributed by atoms with Crippen LogP contribution in [0.5, 0.6) is 11.5 Å². The zero-order chi connectivity index (χ0) is 32.0. The van der Waals surface area contributed by atoms with Gasteiger partial charge in [-0.1, -0.05) is 88.7 Å². The summed E-state index contributed by atoms with van der Waals surface area (Å²) in [4.78, 5) is 4.70. The van der Waals surface area contributed by atoms with Gasteiger partial charge in [-0.25, -0.2) is 4.98 Å². The molecule has 47 heavy (non-hydrogen) atoms. The number of rotatable bonds is 7. The quantitative estimate of drug-likeness (QED) is 0.151. The van der Waals surface area contributed by atoms with Crippen molar-refractivity contribution in [3.05, 3.63) is 132 Å². The number of aryl methyl sites for hydroxylation is 1. The van der Waals surface area contributed by atoms with Crippen molar-refractivity contribution >= 4 is 21.8 Å². The van der Waals surface area contributed by atoms with E-state index >= 15 is 0 Å². The van der Waals surface area contributed by atoms with Crippen molar-refractivity contribution in [2.45, 2.75) is 53.9 Å². The number of benzene rings is 4. The molecular weight excluding hydrogens is 760 g/mol. The molecule has 0 unspecified atom stereocenters. The Labute approximate surface area is 291 Å². The Morgan fingerprint density at radius 3 is 2.30 bits per heavy atom. The summed E-state index contributed by atoms with van der Waals surface area (Å²) < 4.78 is 10.7. The van der Waals surface area contributed by atoms with Crippen molar-refractivity contribution in [3.63, 3.8) is 0 Å². The molecule has 0 N–H and O–H groups in total. The molecule has 0 saturated carbocycles. The first-order valence-electron chi connectivity index (χ1n) is 15.9. The predicted octanol–water partition coefficient (Wildman–Crippen LogP) is 10.4. The van der Waals surface area contributed by atoms with Gasteiger partial charge in [0.25, 0.3) is 0 Å². The van der Waals surface area contributed by atoms with Gasteiger partial charge in [-0.3, -0.25) is 4.68 Å². The molecule has 0 bridgehead atoms. The van der Waals surface area contributed by atoms with Crippen molar-refractivity contribution in [1.82, 2.24) is 19.3 Å². The zero-order valence-corrected chi connectivity index (χ0v) is 29.9. The normalized spacial score (nSPS) is 11.7. The fourth-order valence-electron chi connectivity index (χ4n) is 6.21. The SMILES string of the molecule is Cc1ccnc(-n2c3[c-]c(Oc4[c-]c(-n5nc(C(C)C)c(-c6ccccc6)c5CC(C)(C)C)ccc4)ccc3c3ccccc32)c1.[Pt+2]. The van der Waals surface area contributed by atoms with Crippen molar-refractivity contribution in [2.24, 2.45) is 5.41 Å². The second kappa shape index (κ2) is 13.0. The van der Waals surface area contributed by atoms with Gasteiger partial charge < -0.3 is 9.30 Å². The summed E-state index contributed by atoms with van der Waals surface area (Å²) in [5.74, 6) is 2.33. The Balaban J connectivity index is 0.00000386. The number of fused-ring (bicyclic) bond motifs is 3. The van der Waals surface area contributed by atoms with Crippen LogP contribution in [0.1, 0.15) is 57.5 Å². The van der Waals surface area contributed by atoms with Crippen molar-refractivity contribution in [1.29, 1.82) is 0 Å². The van der Waals surface area contributed by atoms with E-state index < -0.39 is 0 Å². The van der Waals surface area contributed by atoms with E-state index in [4.69, 9.17) is 14.8 Å². The molecule has 6 heteroatoms. The summed E-state index contributed by atoms with van der Waals surface area (Å²) in [7, 11) is 0. The third kappa shape index (κ3) is 6.42. The average Bonchev–Trinajstić information content (AvgIpc) is 3.56. The van der Waals surface area contributed by atoms with Gasteiger partial charge in [0.15, 0.2) is 0 Å². The second-order valence-corrected chi connectivity index (χ2v) is 13.5. The van der Waals surface area contributed by atoms with Crippen LogP contribution >= 0.6 is 0 Å². The zero-order valence-electron chi connectivity index (χ0n) is 27.6. The van der Waals surface area contributed by atoms with Gasteiger partial charge in [-0.2, -0.15) is 17.2 Å². The molecule has 0 radical (unpaired) electrons. The minimum Gasteiger partial charge on any atom is -0.509 e. The van der Waals surface area contributed by atoms with Gasteiger partial charge in [0.2, 0.25) is 0 Å². The van der Waals surface area contributed by atoms with Crippen LogP contribution in [0.3, 0.4) is 0 Å². The summed E-state index contributed by atoms with van der Waals surface area (Å²) in [5, 5.41) is 7.47. The van der Waals surface area contributed by atoms with Gasteiger partial charge in [0, 0.05) is 28.8 Å². The molecule has 3 heterocycles. The first-order valence-corrected chi connectivity index (χ1v) is 15.9. The topological polar surface area (TPSA) is 44.9 Å². The fraction of sp³-hybridized carbons (Fsp3) is 0.220. The molecule has 238 valence electrons. The standard InChI is InChI=1S/C41H38N4O.Pt/c1-27(2)40-39(29-13-8-7-9-14-29)37(26-41(4,5)6)45(43-40)30-15-12-16-31(24-30)46-32-19-20-34-33-17-10-11-18-35(33)44(36(34)25-32)38-23-28(3)21-22-42-38;/h7-23,27H,26H2,1-6H3;/q-2;+2. The Hall–Kier alpha value is -4.47. The van der Waals surface area contributed by atoms with E-state index in [0.29, 0.717) is 11.5 Å². The minimum absolute atomic E-state index is 0. The third-order valence-corrected chi connectivity index (χ3v) is 8.20. The monoisotopic (exact) mass is 797 g/mol. The molecule has 7 aromatic rings. The van der Waals surface area contributed by atoms with Gasteiger partial charge in [0.05, 0.1) is 11.4 Å². The summed E-state index contributed by atoms with van der Waals surface area (Å²) in [6.45, 7) is 13.3. The average molecular weight is 798 g/mol. The molecule has 0 aliphatic rings. The van der Waals surface area contributed by atoms with Crippen molar-refractivity contribution in [3.8, 4) is 34.1 Å². The maximum absolute atomic E-state index is 6.48. The van der Waals surface area contributed by atoms with Gasteiger partial charge in [0.1, 0.15) is 5.82 Å².